The topological polar surface area (TPSA) is 79.9 Å². The second kappa shape index (κ2) is 7.02. The third kappa shape index (κ3) is 4.61. The average molecular weight is 217 g/mol. The van der Waals surface area contributed by atoms with E-state index in [9.17, 15) is 9.59 Å². The van der Waals surface area contributed by atoms with Crippen LogP contribution in [-0.2, 0) is 14.4 Å². The van der Waals surface area contributed by atoms with Crippen molar-refractivity contribution in [1.82, 2.24) is 15.7 Å². The molecule has 0 bridgehead atoms. The van der Waals surface area contributed by atoms with E-state index in [2.05, 4.69) is 10.2 Å². The molecule has 1 heterocycles. The number of amides is 3. The third-order valence-electron chi connectivity index (χ3n) is 1.91. The molecule has 0 unspecified atom stereocenters. The van der Waals surface area contributed by atoms with Crippen LogP contribution in [0, 0.1) is 0 Å². The first-order valence-electron chi connectivity index (χ1n) is 4.76. The summed E-state index contributed by atoms with van der Waals surface area (Å²) < 4.78 is 5.11. The highest BCUT2D eigenvalue weighted by molar-refractivity contribution is 5.74. The number of hydrogen-bond donors (Lipinski definition) is 2. The minimum atomic E-state index is -0.131. The minimum Gasteiger partial charge on any atom is -0.378 e. The molecule has 7 nitrogen and oxygen atoms in total. The van der Waals surface area contributed by atoms with Gasteiger partial charge < -0.3 is 15.0 Å². The summed E-state index contributed by atoms with van der Waals surface area (Å²) in [7, 11) is 0. The Labute approximate surface area is 87.7 Å². The highest BCUT2D eigenvalue weighted by Gasteiger charge is 2.15. The van der Waals surface area contributed by atoms with Crippen molar-refractivity contribution in [2.45, 2.75) is 0 Å². The highest BCUT2D eigenvalue weighted by Crippen LogP contribution is 1.96. The third-order valence-corrected chi connectivity index (χ3v) is 1.91. The van der Waals surface area contributed by atoms with Crippen LogP contribution in [0.25, 0.3) is 0 Å². The van der Waals surface area contributed by atoms with Gasteiger partial charge in [0.25, 0.3) is 0 Å². The summed E-state index contributed by atoms with van der Waals surface area (Å²) >= 11 is 0. The van der Waals surface area contributed by atoms with Crippen LogP contribution < -0.4 is 10.8 Å². The number of morpholine rings is 1. The fourth-order valence-corrected chi connectivity index (χ4v) is 1.18. The van der Waals surface area contributed by atoms with Gasteiger partial charge >= 0.3 is 6.03 Å². The molecule has 2 N–H and O–H groups in total. The molecular formula is C8H15N3O4. The molecule has 15 heavy (non-hydrogen) atoms. The molecule has 0 aliphatic carbocycles. The summed E-state index contributed by atoms with van der Waals surface area (Å²) in [6.45, 7) is 2.98. The molecule has 0 atom stereocenters. The predicted molar refractivity (Wildman–Crippen MR) is 50.9 cm³/mol. The van der Waals surface area contributed by atoms with Crippen LogP contribution in [-0.4, -0.2) is 56.8 Å². The Hall–Kier alpha value is -1.34. The Morgan fingerprint density at radius 3 is 2.87 bits per heavy atom. The number of carbonyl (C=O) groups is 2. The minimum absolute atomic E-state index is 0.131. The molecule has 86 valence electrons. The van der Waals surface area contributed by atoms with E-state index < -0.39 is 0 Å². The van der Waals surface area contributed by atoms with Gasteiger partial charge in [-0.2, -0.15) is 0 Å². The van der Waals surface area contributed by atoms with Crippen molar-refractivity contribution in [3.05, 3.63) is 0 Å². The Morgan fingerprint density at radius 2 is 2.20 bits per heavy atom. The monoisotopic (exact) mass is 217 g/mol. The van der Waals surface area contributed by atoms with Crippen molar-refractivity contribution < 1.29 is 19.2 Å². The van der Waals surface area contributed by atoms with Gasteiger partial charge in [-0.1, -0.05) is 0 Å². The number of carbonyl (C=O) groups excluding carboxylic acids is 2. The Bertz CT molecular complexity index is 206. The van der Waals surface area contributed by atoms with E-state index in [0.29, 0.717) is 39.3 Å². The predicted octanol–water partition coefficient (Wildman–Crippen LogP) is -1.29. The van der Waals surface area contributed by atoms with Gasteiger partial charge in [0, 0.05) is 19.6 Å². The molecule has 0 spiro atoms. The van der Waals surface area contributed by atoms with Gasteiger partial charge in [0.1, 0.15) is 0 Å². The molecular weight excluding hydrogens is 202 g/mol. The molecule has 1 aliphatic rings. The standard InChI is InChI=1S/C8H15N3O4/c12-7-10-15-4-1-9-8(13)11-2-5-14-6-3-11/h7H,1-6H2,(H,9,13)(H,10,12). The first-order chi connectivity index (χ1) is 7.34. The first-order valence-corrected chi connectivity index (χ1v) is 4.76. The summed E-state index contributed by atoms with van der Waals surface area (Å²) in [5.41, 5.74) is 2.04. The SMILES string of the molecule is O=CNOCCNC(=O)N1CCOCC1. The largest absolute Gasteiger partial charge is 0.378 e. The molecule has 3 amide bonds. The molecule has 1 fully saturated rings. The molecule has 0 aromatic carbocycles. The summed E-state index contributed by atoms with van der Waals surface area (Å²) in [5, 5.41) is 2.66. The maximum absolute atomic E-state index is 11.4. The van der Waals surface area contributed by atoms with Crippen molar-refractivity contribution in [3.8, 4) is 0 Å². The molecule has 1 aliphatic heterocycles. The number of nitrogens with zero attached hydrogens (tertiary/aromatic N) is 1. The zero-order valence-electron chi connectivity index (χ0n) is 8.40. The lowest BCUT2D eigenvalue weighted by Gasteiger charge is -2.26. The molecule has 1 saturated heterocycles. The fourth-order valence-electron chi connectivity index (χ4n) is 1.18. The van der Waals surface area contributed by atoms with Crippen molar-refractivity contribution in [2.24, 2.45) is 0 Å². The van der Waals surface area contributed by atoms with Gasteiger partial charge in [-0.25, -0.2) is 10.3 Å². The van der Waals surface area contributed by atoms with E-state index in [4.69, 9.17) is 4.74 Å². The van der Waals surface area contributed by atoms with Crippen molar-refractivity contribution in [1.29, 1.82) is 0 Å². The molecule has 0 radical (unpaired) electrons. The first kappa shape index (κ1) is 11.7. The average Bonchev–Trinajstić information content (AvgIpc) is 2.30. The second-order valence-corrected chi connectivity index (χ2v) is 2.92. The van der Waals surface area contributed by atoms with Crippen LogP contribution in [0.4, 0.5) is 4.79 Å². The van der Waals surface area contributed by atoms with Crippen molar-refractivity contribution >= 4 is 12.4 Å². The lowest BCUT2D eigenvalue weighted by molar-refractivity contribution is -0.120. The molecule has 7 heteroatoms. The summed E-state index contributed by atoms with van der Waals surface area (Å²) in [5.74, 6) is 0. The number of hydrogen-bond acceptors (Lipinski definition) is 4. The molecule has 0 saturated carbocycles. The Morgan fingerprint density at radius 1 is 1.47 bits per heavy atom. The molecule has 1 rings (SSSR count). The van der Waals surface area contributed by atoms with Crippen LogP contribution in [0.1, 0.15) is 0 Å². The van der Waals surface area contributed by atoms with Crippen LogP contribution in [0.2, 0.25) is 0 Å². The van der Waals surface area contributed by atoms with E-state index in [1.54, 1.807) is 4.90 Å². The number of nitrogens with one attached hydrogen (secondary N) is 2. The number of ether oxygens (including phenoxy) is 1. The van der Waals surface area contributed by atoms with E-state index in [0.717, 1.165) is 0 Å². The van der Waals surface area contributed by atoms with Crippen molar-refractivity contribution in [3.63, 3.8) is 0 Å². The van der Waals surface area contributed by atoms with Crippen molar-refractivity contribution in [2.75, 3.05) is 39.5 Å². The van der Waals surface area contributed by atoms with Gasteiger partial charge in [-0.15, -0.1) is 0 Å². The van der Waals surface area contributed by atoms with E-state index in [1.165, 1.54) is 0 Å². The van der Waals surface area contributed by atoms with E-state index in [-0.39, 0.29) is 12.6 Å². The van der Waals surface area contributed by atoms with Gasteiger partial charge in [-0.05, 0) is 0 Å². The lowest BCUT2D eigenvalue weighted by Crippen LogP contribution is -2.47. The molecule has 0 aromatic rings. The normalized spacial score (nSPS) is 15.9. The van der Waals surface area contributed by atoms with Crippen LogP contribution in [0.15, 0.2) is 0 Å². The number of urea groups is 1. The van der Waals surface area contributed by atoms with Crippen LogP contribution in [0.3, 0.4) is 0 Å². The maximum Gasteiger partial charge on any atom is 0.317 e. The van der Waals surface area contributed by atoms with Crippen LogP contribution in [0.5, 0.6) is 0 Å². The van der Waals surface area contributed by atoms with Gasteiger partial charge in [0.2, 0.25) is 6.41 Å². The highest BCUT2D eigenvalue weighted by atomic mass is 16.6. The summed E-state index contributed by atoms with van der Waals surface area (Å²) in [6, 6.07) is -0.131. The smallest absolute Gasteiger partial charge is 0.317 e. The summed E-state index contributed by atoms with van der Waals surface area (Å²) in [6.07, 6.45) is 0.434. The lowest BCUT2D eigenvalue weighted by atomic mass is 10.4. The second-order valence-electron chi connectivity index (χ2n) is 2.92. The van der Waals surface area contributed by atoms with E-state index >= 15 is 0 Å². The van der Waals surface area contributed by atoms with Crippen LogP contribution >= 0.6 is 0 Å². The number of rotatable bonds is 5. The quantitative estimate of drug-likeness (QED) is 0.341. The number of hydroxylamine groups is 1. The Kier molecular flexibility index (Phi) is 5.49. The van der Waals surface area contributed by atoms with Gasteiger partial charge in [0.05, 0.1) is 19.8 Å². The van der Waals surface area contributed by atoms with E-state index in [1.807, 2.05) is 5.48 Å². The maximum atomic E-state index is 11.4. The zero-order valence-corrected chi connectivity index (χ0v) is 8.40. The fraction of sp³-hybridized carbons (Fsp3) is 0.750. The Balaban J connectivity index is 2.04. The zero-order chi connectivity index (χ0) is 10.9. The van der Waals surface area contributed by atoms with Gasteiger partial charge in [0.15, 0.2) is 0 Å². The molecule has 0 aromatic heterocycles. The summed E-state index contributed by atoms with van der Waals surface area (Å²) in [4.78, 5) is 27.6. The van der Waals surface area contributed by atoms with Gasteiger partial charge in [-0.3, -0.25) is 9.63 Å².